The van der Waals surface area contributed by atoms with Gasteiger partial charge >= 0.3 is 0 Å². The fourth-order valence-corrected chi connectivity index (χ4v) is 2.98. The molecule has 0 radical (unpaired) electrons. The van der Waals surface area contributed by atoms with Gasteiger partial charge in [0.05, 0.1) is 0 Å². The van der Waals surface area contributed by atoms with Crippen LogP contribution in [0.3, 0.4) is 0 Å². The average Bonchev–Trinajstić information content (AvgIpc) is 2.45. The van der Waals surface area contributed by atoms with Gasteiger partial charge in [0.25, 0.3) is 0 Å². The average molecular weight is 282 g/mol. The molecule has 1 aliphatic rings. The summed E-state index contributed by atoms with van der Waals surface area (Å²) >= 11 is 0. The van der Waals surface area contributed by atoms with Gasteiger partial charge in [-0.1, -0.05) is 51.9 Å². The van der Waals surface area contributed by atoms with Crippen LogP contribution in [0.4, 0.5) is 0 Å². The first kappa shape index (κ1) is 17.5. The van der Waals surface area contributed by atoms with Crippen LogP contribution in [0.1, 0.15) is 78.1 Å². The van der Waals surface area contributed by atoms with Gasteiger partial charge in [-0.25, -0.2) is 0 Å². The topological polar surface area (TPSA) is 41.1 Å². The Kier molecular flexibility index (Phi) is 9.73. The molecule has 118 valence electrons. The molecule has 0 saturated carbocycles. The van der Waals surface area contributed by atoms with Crippen molar-refractivity contribution in [2.75, 3.05) is 13.1 Å². The van der Waals surface area contributed by atoms with Crippen molar-refractivity contribution in [2.45, 2.75) is 84.1 Å². The zero-order valence-corrected chi connectivity index (χ0v) is 13.5. The maximum atomic E-state index is 12.0. The van der Waals surface area contributed by atoms with Gasteiger partial charge < -0.3 is 10.6 Å². The maximum Gasteiger partial charge on any atom is 0.223 e. The number of unbranched alkanes of at least 4 members (excludes halogenated alkanes) is 7. The van der Waals surface area contributed by atoms with E-state index in [4.69, 9.17) is 0 Å². The highest BCUT2D eigenvalue weighted by Crippen LogP contribution is 2.16. The van der Waals surface area contributed by atoms with Crippen LogP contribution < -0.4 is 10.6 Å². The van der Waals surface area contributed by atoms with Crippen molar-refractivity contribution in [1.82, 2.24) is 10.6 Å². The minimum atomic E-state index is 0.236. The van der Waals surface area contributed by atoms with Gasteiger partial charge in [0.2, 0.25) is 5.91 Å². The van der Waals surface area contributed by atoms with Crippen molar-refractivity contribution in [3.8, 4) is 0 Å². The molecule has 2 N–H and O–H groups in total. The number of carbonyl (C=O) groups is 1. The summed E-state index contributed by atoms with van der Waals surface area (Å²) in [6, 6.07) is 0.489. The van der Waals surface area contributed by atoms with Gasteiger partial charge in [0, 0.05) is 18.5 Å². The van der Waals surface area contributed by atoms with Gasteiger partial charge in [0.15, 0.2) is 0 Å². The standard InChI is InChI=1S/C17H34N2O/c1-3-4-5-6-7-8-9-10-12-19-17(20)16-11-13-18-15(2)14-16/h15-16,18H,3-14H2,1-2H3,(H,19,20). The molecular formula is C17H34N2O. The first-order valence-corrected chi connectivity index (χ1v) is 8.75. The smallest absolute Gasteiger partial charge is 0.223 e. The number of hydrogen-bond donors (Lipinski definition) is 2. The number of rotatable bonds is 10. The molecule has 0 aromatic rings. The van der Waals surface area contributed by atoms with Gasteiger partial charge in [-0.3, -0.25) is 4.79 Å². The highest BCUT2D eigenvalue weighted by molar-refractivity contribution is 5.78. The number of nitrogens with one attached hydrogen (secondary N) is 2. The molecule has 0 aromatic heterocycles. The van der Waals surface area contributed by atoms with Crippen LogP contribution >= 0.6 is 0 Å². The van der Waals surface area contributed by atoms with Crippen LogP contribution in [-0.4, -0.2) is 25.0 Å². The van der Waals surface area contributed by atoms with Gasteiger partial charge in [-0.2, -0.15) is 0 Å². The normalized spacial score (nSPS) is 22.7. The minimum Gasteiger partial charge on any atom is -0.356 e. The van der Waals surface area contributed by atoms with Crippen LogP contribution in [0.5, 0.6) is 0 Å². The first-order valence-electron chi connectivity index (χ1n) is 8.75. The number of hydrogen-bond acceptors (Lipinski definition) is 2. The minimum absolute atomic E-state index is 0.236. The summed E-state index contributed by atoms with van der Waals surface area (Å²) in [5.74, 6) is 0.515. The molecule has 1 aliphatic heterocycles. The SMILES string of the molecule is CCCCCCCCCCNC(=O)C1CCNC(C)C1. The zero-order chi connectivity index (χ0) is 14.6. The first-order chi connectivity index (χ1) is 9.74. The highest BCUT2D eigenvalue weighted by atomic mass is 16.1. The molecule has 1 heterocycles. The molecule has 3 nitrogen and oxygen atoms in total. The molecule has 0 bridgehead atoms. The van der Waals surface area contributed by atoms with E-state index in [1.165, 1.54) is 44.9 Å². The lowest BCUT2D eigenvalue weighted by Gasteiger charge is -2.27. The van der Waals surface area contributed by atoms with Gasteiger partial charge in [-0.05, 0) is 32.7 Å². The van der Waals surface area contributed by atoms with E-state index in [9.17, 15) is 4.79 Å². The maximum absolute atomic E-state index is 12.0. The second-order valence-corrected chi connectivity index (χ2v) is 6.34. The van der Waals surface area contributed by atoms with Crippen LogP contribution in [0.2, 0.25) is 0 Å². The third-order valence-electron chi connectivity index (χ3n) is 4.32. The molecule has 1 fully saturated rings. The predicted molar refractivity (Wildman–Crippen MR) is 85.8 cm³/mol. The summed E-state index contributed by atoms with van der Waals surface area (Å²) in [7, 11) is 0. The Morgan fingerprint density at radius 1 is 1.10 bits per heavy atom. The Morgan fingerprint density at radius 3 is 2.40 bits per heavy atom. The monoisotopic (exact) mass is 282 g/mol. The Morgan fingerprint density at radius 2 is 1.75 bits per heavy atom. The highest BCUT2D eigenvalue weighted by Gasteiger charge is 2.23. The zero-order valence-electron chi connectivity index (χ0n) is 13.5. The Hall–Kier alpha value is -0.570. The van der Waals surface area contributed by atoms with E-state index in [0.717, 1.165) is 32.4 Å². The molecular weight excluding hydrogens is 248 g/mol. The van der Waals surface area contributed by atoms with Crippen molar-refractivity contribution in [3.05, 3.63) is 0 Å². The van der Waals surface area contributed by atoms with E-state index in [1.54, 1.807) is 0 Å². The summed E-state index contributed by atoms with van der Waals surface area (Å²) in [6.07, 6.45) is 12.5. The fraction of sp³-hybridized carbons (Fsp3) is 0.941. The summed E-state index contributed by atoms with van der Waals surface area (Å²) in [4.78, 5) is 12.0. The predicted octanol–water partition coefficient (Wildman–Crippen LogP) is 3.63. The lowest BCUT2D eigenvalue weighted by atomic mass is 9.92. The van der Waals surface area contributed by atoms with E-state index < -0.39 is 0 Å². The molecule has 1 rings (SSSR count). The van der Waals surface area contributed by atoms with Crippen molar-refractivity contribution in [3.63, 3.8) is 0 Å². The third-order valence-corrected chi connectivity index (χ3v) is 4.32. The molecule has 2 atom stereocenters. The molecule has 0 aliphatic carbocycles. The van der Waals surface area contributed by atoms with E-state index in [-0.39, 0.29) is 11.8 Å². The molecule has 2 unspecified atom stereocenters. The van der Waals surface area contributed by atoms with Crippen molar-refractivity contribution < 1.29 is 4.79 Å². The largest absolute Gasteiger partial charge is 0.356 e. The van der Waals surface area contributed by atoms with Gasteiger partial charge in [0.1, 0.15) is 0 Å². The molecule has 1 saturated heterocycles. The van der Waals surface area contributed by atoms with E-state index in [2.05, 4.69) is 24.5 Å². The lowest BCUT2D eigenvalue weighted by molar-refractivity contribution is -0.126. The second-order valence-electron chi connectivity index (χ2n) is 6.34. The van der Waals surface area contributed by atoms with Crippen molar-refractivity contribution in [2.24, 2.45) is 5.92 Å². The fourth-order valence-electron chi connectivity index (χ4n) is 2.98. The summed E-state index contributed by atoms with van der Waals surface area (Å²) in [5, 5.41) is 6.51. The van der Waals surface area contributed by atoms with Crippen LogP contribution in [0.25, 0.3) is 0 Å². The Bertz CT molecular complexity index is 255. The van der Waals surface area contributed by atoms with Crippen LogP contribution in [0.15, 0.2) is 0 Å². The third kappa shape index (κ3) is 7.88. The molecule has 3 heteroatoms. The van der Waals surface area contributed by atoms with E-state index >= 15 is 0 Å². The van der Waals surface area contributed by atoms with E-state index in [0.29, 0.717) is 6.04 Å². The molecule has 0 aromatic carbocycles. The molecule has 20 heavy (non-hydrogen) atoms. The Balaban J connectivity index is 1.91. The number of carbonyl (C=O) groups excluding carboxylic acids is 1. The number of amides is 1. The van der Waals surface area contributed by atoms with E-state index in [1.807, 2.05) is 0 Å². The quantitative estimate of drug-likeness (QED) is 0.601. The van der Waals surface area contributed by atoms with Crippen LogP contribution in [0, 0.1) is 5.92 Å². The lowest BCUT2D eigenvalue weighted by Crippen LogP contribution is -2.42. The van der Waals surface area contributed by atoms with Crippen LogP contribution in [-0.2, 0) is 4.79 Å². The molecule has 0 spiro atoms. The second kappa shape index (κ2) is 11.1. The summed E-state index contributed by atoms with van der Waals surface area (Å²) < 4.78 is 0. The summed E-state index contributed by atoms with van der Waals surface area (Å²) in [5.41, 5.74) is 0. The number of piperidine rings is 1. The van der Waals surface area contributed by atoms with Crippen molar-refractivity contribution in [1.29, 1.82) is 0 Å². The molecule has 1 amide bonds. The Labute approximate surface area is 125 Å². The van der Waals surface area contributed by atoms with Gasteiger partial charge in [-0.15, -0.1) is 0 Å². The van der Waals surface area contributed by atoms with Crippen molar-refractivity contribution >= 4 is 5.91 Å². The summed E-state index contributed by atoms with van der Waals surface area (Å²) in [6.45, 7) is 6.27.